The maximum Gasteiger partial charge on any atom is 0.220 e. The molecule has 5 heteroatoms. The molecule has 0 atom stereocenters. The Kier molecular flexibility index (Phi) is 3.82. The summed E-state index contributed by atoms with van der Waals surface area (Å²) in [5.74, 6) is -0.320. The molecule has 0 unspecified atom stereocenters. The number of benzene rings is 3. The second kappa shape index (κ2) is 6.29. The van der Waals surface area contributed by atoms with E-state index in [0.717, 1.165) is 10.9 Å². The fourth-order valence-electron chi connectivity index (χ4n) is 2.96. The summed E-state index contributed by atoms with van der Waals surface area (Å²) in [5.41, 5.74) is 7.41. The minimum absolute atomic E-state index is 0.0519. The third kappa shape index (κ3) is 2.65. The fraction of sp³-hybridized carbons (Fsp3) is 0. The number of rotatable bonds is 3. The van der Waals surface area contributed by atoms with E-state index in [1.165, 1.54) is 6.20 Å². The molecule has 0 saturated carbocycles. The first-order valence-electron chi connectivity index (χ1n) is 8.08. The minimum Gasteiger partial charge on any atom is -0.507 e. The molecule has 0 bridgehead atoms. The summed E-state index contributed by atoms with van der Waals surface area (Å²) < 4.78 is 0. The lowest BCUT2D eigenvalue weighted by Crippen LogP contribution is -2.08. The molecule has 0 radical (unpaired) electrons. The number of hydrogen-bond acceptors (Lipinski definition) is 5. The van der Waals surface area contributed by atoms with Crippen LogP contribution in [-0.4, -0.2) is 20.9 Å². The molecule has 3 aromatic carbocycles. The number of nitrogen functional groups attached to an aromatic ring is 1. The van der Waals surface area contributed by atoms with Gasteiger partial charge in [0.15, 0.2) is 0 Å². The van der Waals surface area contributed by atoms with Crippen LogP contribution in [0.15, 0.2) is 72.9 Å². The van der Waals surface area contributed by atoms with E-state index in [2.05, 4.69) is 9.97 Å². The number of nitrogens with zero attached hydrogens (tertiary/aromatic N) is 2. The van der Waals surface area contributed by atoms with Crippen molar-refractivity contribution in [3.05, 3.63) is 84.1 Å². The van der Waals surface area contributed by atoms with Gasteiger partial charge in [0.05, 0.1) is 16.8 Å². The van der Waals surface area contributed by atoms with Crippen LogP contribution in [0, 0.1) is 0 Å². The number of hydrogen-bond donors (Lipinski definition) is 2. The standard InChI is InChI=1S/C21H15N3O2/c22-21-23-12-17(18(24-21)14-7-2-1-3-8-14)20(26)16-11-10-13-6-4-5-9-15(13)19(16)25/h1-12,25H,(H2,22,23,24). The Morgan fingerprint density at radius 2 is 1.62 bits per heavy atom. The molecule has 1 heterocycles. The van der Waals surface area contributed by atoms with Crippen LogP contribution in [0.3, 0.4) is 0 Å². The van der Waals surface area contributed by atoms with Crippen molar-refractivity contribution in [3.63, 3.8) is 0 Å². The molecular weight excluding hydrogens is 326 g/mol. The molecule has 1 aromatic heterocycles. The maximum atomic E-state index is 13.1. The Morgan fingerprint density at radius 3 is 2.42 bits per heavy atom. The Labute approximate surface area is 149 Å². The third-order valence-corrected chi connectivity index (χ3v) is 4.24. The number of anilines is 1. The third-order valence-electron chi connectivity index (χ3n) is 4.24. The summed E-state index contributed by atoms with van der Waals surface area (Å²) in [4.78, 5) is 21.3. The van der Waals surface area contributed by atoms with E-state index in [-0.39, 0.29) is 28.6 Å². The molecule has 0 amide bonds. The second-order valence-electron chi connectivity index (χ2n) is 5.87. The van der Waals surface area contributed by atoms with Gasteiger partial charge in [-0.2, -0.15) is 0 Å². The van der Waals surface area contributed by atoms with Gasteiger partial charge in [-0.15, -0.1) is 0 Å². The van der Waals surface area contributed by atoms with Crippen molar-refractivity contribution in [3.8, 4) is 17.0 Å². The van der Waals surface area contributed by atoms with E-state index in [9.17, 15) is 9.90 Å². The van der Waals surface area contributed by atoms with Crippen LogP contribution < -0.4 is 5.73 Å². The smallest absolute Gasteiger partial charge is 0.220 e. The van der Waals surface area contributed by atoms with Gasteiger partial charge in [-0.25, -0.2) is 9.97 Å². The van der Waals surface area contributed by atoms with Gasteiger partial charge in [0.2, 0.25) is 11.7 Å². The highest BCUT2D eigenvalue weighted by atomic mass is 16.3. The summed E-state index contributed by atoms with van der Waals surface area (Å²) in [6, 6.07) is 20.1. The average molecular weight is 341 g/mol. The first-order valence-corrected chi connectivity index (χ1v) is 8.08. The van der Waals surface area contributed by atoms with Crippen molar-refractivity contribution < 1.29 is 9.90 Å². The number of aromatic hydroxyl groups is 1. The molecule has 0 aliphatic heterocycles. The number of nitrogens with two attached hydrogens (primary N) is 1. The van der Waals surface area contributed by atoms with Crippen molar-refractivity contribution in [1.82, 2.24) is 9.97 Å². The van der Waals surface area contributed by atoms with E-state index in [4.69, 9.17) is 5.73 Å². The molecule has 0 saturated heterocycles. The molecule has 0 spiro atoms. The molecular formula is C21H15N3O2. The fourth-order valence-corrected chi connectivity index (χ4v) is 2.96. The van der Waals surface area contributed by atoms with Gasteiger partial charge in [-0.1, -0.05) is 60.7 Å². The SMILES string of the molecule is Nc1ncc(C(=O)c2ccc3ccccc3c2O)c(-c2ccccc2)n1. The molecule has 0 fully saturated rings. The number of fused-ring (bicyclic) bond motifs is 1. The van der Waals surface area contributed by atoms with E-state index in [0.29, 0.717) is 11.1 Å². The van der Waals surface area contributed by atoms with E-state index in [1.807, 2.05) is 54.6 Å². The van der Waals surface area contributed by atoms with Gasteiger partial charge < -0.3 is 10.8 Å². The van der Waals surface area contributed by atoms with Crippen molar-refractivity contribution in [1.29, 1.82) is 0 Å². The van der Waals surface area contributed by atoms with Gasteiger partial charge >= 0.3 is 0 Å². The number of ketones is 1. The van der Waals surface area contributed by atoms with Crippen LogP contribution >= 0.6 is 0 Å². The zero-order valence-corrected chi connectivity index (χ0v) is 13.8. The van der Waals surface area contributed by atoms with Crippen LogP contribution in [0.2, 0.25) is 0 Å². The lowest BCUT2D eigenvalue weighted by Gasteiger charge is -2.11. The van der Waals surface area contributed by atoms with Crippen LogP contribution in [-0.2, 0) is 0 Å². The predicted molar refractivity (Wildman–Crippen MR) is 101 cm³/mol. The van der Waals surface area contributed by atoms with Crippen molar-refractivity contribution in [2.45, 2.75) is 0 Å². The molecule has 0 aliphatic carbocycles. The Morgan fingerprint density at radius 1 is 0.885 bits per heavy atom. The van der Waals surface area contributed by atoms with Gasteiger partial charge in [0.25, 0.3) is 0 Å². The highest BCUT2D eigenvalue weighted by Crippen LogP contribution is 2.32. The van der Waals surface area contributed by atoms with E-state index >= 15 is 0 Å². The topological polar surface area (TPSA) is 89.1 Å². The van der Waals surface area contributed by atoms with E-state index < -0.39 is 0 Å². The van der Waals surface area contributed by atoms with Gasteiger partial charge in [-0.3, -0.25) is 4.79 Å². The molecule has 0 aliphatic rings. The second-order valence-corrected chi connectivity index (χ2v) is 5.87. The van der Waals surface area contributed by atoms with Crippen molar-refractivity contribution in [2.75, 3.05) is 5.73 Å². The highest BCUT2D eigenvalue weighted by Gasteiger charge is 2.21. The average Bonchev–Trinajstić information content (AvgIpc) is 2.69. The minimum atomic E-state index is -0.355. The number of aromatic nitrogens is 2. The maximum absolute atomic E-state index is 13.1. The van der Waals surface area contributed by atoms with Crippen LogP contribution in [0.4, 0.5) is 5.95 Å². The summed E-state index contributed by atoms with van der Waals surface area (Å²) >= 11 is 0. The predicted octanol–water partition coefficient (Wildman–Crippen LogP) is 3.82. The summed E-state index contributed by atoms with van der Waals surface area (Å²) in [6.45, 7) is 0. The normalized spacial score (nSPS) is 10.8. The summed E-state index contributed by atoms with van der Waals surface area (Å²) in [5, 5.41) is 12.1. The van der Waals surface area contributed by atoms with Crippen LogP contribution in [0.1, 0.15) is 15.9 Å². The first-order chi connectivity index (χ1) is 12.6. The van der Waals surface area contributed by atoms with Crippen LogP contribution in [0.25, 0.3) is 22.0 Å². The Bertz CT molecular complexity index is 1120. The van der Waals surface area contributed by atoms with Gasteiger partial charge in [0, 0.05) is 17.1 Å². The molecule has 5 nitrogen and oxygen atoms in total. The highest BCUT2D eigenvalue weighted by molar-refractivity contribution is 6.16. The number of phenols is 1. The number of phenolic OH excluding ortho intramolecular Hbond substituents is 1. The molecule has 4 aromatic rings. The Balaban J connectivity index is 1.89. The number of carbonyl (C=O) groups excluding carboxylic acids is 1. The largest absolute Gasteiger partial charge is 0.507 e. The van der Waals surface area contributed by atoms with Crippen molar-refractivity contribution in [2.24, 2.45) is 0 Å². The van der Waals surface area contributed by atoms with E-state index in [1.54, 1.807) is 12.1 Å². The van der Waals surface area contributed by atoms with Gasteiger partial charge in [-0.05, 0) is 11.5 Å². The Hall–Kier alpha value is -3.73. The van der Waals surface area contributed by atoms with Crippen molar-refractivity contribution >= 4 is 22.5 Å². The molecule has 3 N–H and O–H groups in total. The number of carbonyl (C=O) groups is 1. The monoisotopic (exact) mass is 341 g/mol. The quantitative estimate of drug-likeness (QED) is 0.553. The summed E-state index contributed by atoms with van der Waals surface area (Å²) in [6.07, 6.45) is 1.40. The lowest BCUT2D eigenvalue weighted by molar-refractivity contribution is 0.103. The van der Waals surface area contributed by atoms with Crippen LogP contribution in [0.5, 0.6) is 5.75 Å². The lowest BCUT2D eigenvalue weighted by atomic mass is 9.96. The molecule has 126 valence electrons. The summed E-state index contributed by atoms with van der Waals surface area (Å²) in [7, 11) is 0. The first kappa shape index (κ1) is 15.8. The molecule has 26 heavy (non-hydrogen) atoms. The zero-order valence-electron chi connectivity index (χ0n) is 13.8. The van der Waals surface area contributed by atoms with Gasteiger partial charge in [0.1, 0.15) is 5.75 Å². The molecule has 4 rings (SSSR count). The zero-order chi connectivity index (χ0) is 18.1.